The summed E-state index contributed by atoms with van der Waals surface area (Å²) in [5.41, 5.74) is -0.0967. The highest BCUT2D eigenvalue weighted by Gasteiger charge is 2.42. The van der Waals surface area contributed by atoms with Crippen LogP contribution >= 0.6 is 23.2 Å². The number of hydrogen-bond acceptors (Lipinski definition) is 3. The van der Waals surface area contributed by atoms with Crippen LogP contribution in [0.25, 0.3) is 0 Å². The summed E-state index contributed by atoms with van der Waals surface area (Å²) in [5.74, 6) is -1.83. The number of aliphatic carboxylic acids is 1. The number of halogens is 2. The van der Waals surface area contributed by atoms with Crippen molar-refractivity contribution in [3.63, 3.8) is 0 Å². The van der Waals surface area contributed by atoms with Gasteiger partial charge in [-0.1, -0.05) is 23.2 Å². The van der Waals surface area contributed by atoms with Crippen LogP contribution in [0.15, 0.2) is 29.8 Å². The molecule has 6 heteroatoms. The lowest BCUT2D eigenvalue weighted by Gasteiger charge is -2.41. The van der Waals surface area contributed by atoms with Crippen molar-refractivity contribution in [2.45, 2.75) is 31.8 Å². The number of carbonyl (C=O) groups is 2. The van der Waals surface area contributed by atoms with Gasteiger partial charge in [0.15, 0.2) is 0 Å². The van der Waals surface area contributed by atoms with Gasteiger partial charge in [-0.05, 0) is 49.9 Å². The first kappa shape index (κ1) is 15.9. The molecular formula is C15H14Cl2O4. The highest BCUT2D eigenvalue weighted by Crippen LogP contribution is 2.46. The third-order valence-electron chi connectivity index (χ3n) is 3.52. The zero-order chi connectivity index (χ0) is 15.6. The summed E-state index contributed by atoms with van der Waals surface area (Å²) in [6.07, 6.45) is 3.22. The lowest BCUT2D eigenvalue weighted by molar-refractivity contribution is -0.165. The first-order valence-corrected chi connectivity index (χ1v) is 7.19. The fourth-order valence-corrected chi connectivity index (χ4v) is 2.75. The van der Waals surface area contributed by atoms with Crippen LogP contribution in [-0.2, 0) is 19.9 Å². The van der Waals surface area contributed by atoms with E-state index in [9.17, 15) is 9.59 Å². The van der Waals surface area contributed by atoms with Crippen molar-refractivity contribution in [3.8, 4) is 0 Å². The Balaban J connectivity index is 2.24. The van der Waals surface area contributed by atoms with Crippen molar-refractivity contribution in [3.05, 3.63) is 45.5 Å². The first-order chi connectivity index (χ1) is 9.82. The molecule has 0 atom stereocenters. The minimum atomic E-state index is -1.15. The molecule has 21 heavy (non-hydrogen) atoms. The van der Waals surface area contributed by atoms with E-state index in [1.165, 1.54) is 6.92 Å². The van der Waals surface area contributed by atoms with Gasteiger partial charge in [0.25, 0.3) is 0 Å². The first-order valence-electron chi connectivity index (χ1n) is 6.43. The van der Waals surface area contributed by atoms with E-state index in [1.54, 1.807) is 18.2 Å². The lowest BCUT2D eigenvalue weighted by Crippen LogP contribution is -2.39. The monoisotopic (exact) mass is 328 g/mol. The molecule has 1 fully saturated rings. The molecule has 0 unspecified atom stereocenters. The van der Waals surface area contributed by atoms with Crippen LogP contribution in [0.3, 0.4) is 0 Å². The van der Waals surface area contributed by atoms with Gasteiger partial charge in [-0.25, -0.2) is 9.59 Å². The van der Waals surface area contributed by atoms with E-state index in [4.69, 9.17) is 33.0 Å². The molecule has 0 bridgehead atoms. The molecule has 1 aliphatic carbocycles. The Hall–Kier alpha value is -1.52. The van der Waals surface area contributed by atoms with E-state index in [0.29, 0.717) is 22.9 Å². The fourth-order valence-electron chi connectivity index (χ4n) is 2.22. The van der Waals surface area contributed by atoms with Gasteiger partial charge in [-0.15, -0.1) is 0 Å². The van der Waals surface area contributed by atoms with Crippen LogP contribution in [0.1, 0.15) is 31.7 Å². The van der Waals surface area contributed by atoms with Crippen molar-refractivity contribution >= 4 is 35.1 Å². The number of ether oxygens (including phenoxy) is 1. The second-order valence-electron chi connectivity index (χ2n) is 5.06. The van der Waals surface area contributed by atoms with E-state index in [2.05, 4.69) is 0 Å². The molecule has 0 amide bonds. The molecule has 1 N–H and O–H groups in total. The standard InChI is InChI=1S/C15H14Cl2O4/c1-9(14(19)20)5-13(18)21-15(3-2-4-15)10-6-11(16)8-12(17)7-10/h5-8H,2-4H2,1H3,(H,19,20)/b9-5+. The van der Waals surface area contributed by atoms with Crippen molar-refractivity contribution in [1.82, 2.24) is 0 Å². The molecule has 1 aromatic rings. The summed E-state index contributed by atoms with van der Waals surface area (Å²) in [7, 11) is 0. The maximum atomic E-state index is 11.9. The number of carboxylic acids is 1. The number of carboxylic acid groups (broad SMARTS) is 1. The van der Waals surface area contributed by atoms with Gasteiger partial charge < -0.3 is 9.84 Å². The van der Waals surface area contributed by atoms with Crippen LogP contribution < -0.4 is 0 Å². The Bertz CT molecular complexity index is 598. The maximum absolute atomic E-state index is 11.9. The zero-order valence-corrected chi connectivity index (χ0v) is 12.9. The minimum absolute atomic E-state index is 0.0707. The SMILES string of the molecule is C/C(=C\C(=O)OC1(c2cc(Cl)cc(Cl)c2)CCC1)C(=O)O. The van der Waals surface area contributed by atoms with Crippen molar-refractivity contribution < 1.29 is 19.4 Å². The molecule has 0 spiro atoms. The normalized spacial score (nSPS) is 17.0. The molecule has 0 radical (unpaired) electrons. The van der Waals surface area contributed by atoms with E-state index < -0.39 is 17.5 Å². The molecule has 4 nitrogen and oxygen atoms in total. The highest BCUT2D eigenvalue weighted by molar-refractivity contribution is 6.34. The molecular weight excluding hydrogens is 315 g/mol. The Kier molecular flexibility index (Phi) is 4.59. The Labute approximate surface area is 132 Å². The average Bonchev–Trinajstić information content (AvgIpc) is 2.32. The minimum Gasteiger partial charge on any atom is -0.478 e. The molecule has 0 saturated heterocycles. The predicted molar refractivity (Wildman–Crippen MR) is 79.5 cm³/mol. The van der Waals surface area contributed by atoms with Gasteiger partial charge >= 0.3 is 11.9 Å². The zero-order valence-electron chi connectivity index (χ0n) is 11.4. The molecule has 0 aromatic heterocycles. The number of esters is 1. The molecule has 2 rings (SSSR count). The van der Waals surface area contributed by atoms with E-state index in [1.807, 2.05) is 0 Å². The van der Waals surface area contributed by atoms with Crippen LogP contribution in [0.4, 0.5) is 0 Å². The van der Waals surface area contributed by atoms with Gasteiger partial charge in [0.05, 0.1) is 0 Å². The summed E-state index contributed by atoms with van der Waals surface area (Å²) in [4.78, 5) is 22.6. The van der Waals surface area contributed by atoms with Crippen LogP contribution in [0.5, 0.6) is 0 Å². The Morgan fingerprint density at radius 3 is 2.24 bits per heavy atom. The van der Waals surface area contributed by atoms with E-state index in [0.717, 1.165) is 18.1 Å². The molecule has 1 aromatic carbocycles. The number of rotatable bonds is 4. The van der Waals surface area contributed by atoms with Gasteiger partial charge in [0, 0.05) is 21.7 Å². The quantitative estimate of drug-likeness (QED) is 0.671. The second-order valence-corrected chi connectivity index (χ2v) is 5.93. The summed E-state index contributed by atoms with van der Waals surface area (Å²) in [5, 5.41) is 9.72. The second kappa shape index (κ2) is 6.08. The van der Waals surface area contributed by atoms with E-state index in [-0.39, 0.29) is 5.57 Å². The Morgan fingerprint density at radius 1 is 1.24 bits per heavy atom. The Morgan fingerprint density at radius 2 is 1.81 bits per heavy atom. The lowest BCUT2D eigenvalue weighted by atomic mass is 9.75. The van der Waals surface area contributed by atoms with Crippen molar-refractivity contribution in [2.75, 3.05) is 0 Å². The summed E-state index contributed by atoms with van der Waals surface area (Å²) in [6.45, 7) is 1.34. The smallest absolute Gasteiger partial charge is 0.332 e. The summed E-state index contributed by atoms with van der Waals surface area (Å²) < 4.78 is 5.49. The van der Waals surface area contributed by atoms with Crippen LogP contribution in [-0.4, -0.2) is 17.0 Å². The average molecular weight is 329 g/mol. The molecule has 0 aliphatic heterocycles. The summed E-state index contributed by atoms with van der Waals surface area (Å²) in [6, 6.07) is 5.04. The van der Waals surface area contributed by atoms with Gasteiger partial charge in [-0.3, -0.25) is 0 Å². The molecule has 1 aliphatic rings. The van der Waals surface area contributed by atoms with Crippen LogP contribution in [0, 0.1) is 0 Å². The fraction of sp³-hybridized carbons (Fsp3) is 0.333. The van der Waals surface area contributed by atoms with Gasteiger partial charge in [0.1, 0.15) is 5.60 Å². The summed E-state index contributed by atoms with van der Waals surface area (Å²) >= 11 is 12.0. The third-order valence-corrected chi connectivity index (χ3v) is 3.95. The molecule has 1 saturated carbocycles. The number of benzene rings is 1. The third kappa shape index (κ3) is 3.57. The van der Waals surface area contributed by atoms with E-state index >= 15 is 0 Å². The van der Waals surface area contributed by atoms with Gasteiger partial charge in [-0.2, -0.15) is 0 Å². The van der Waals surface area contributed by atoms with Crippen molar-refractivity contribution in [1.29, 1.82) is 0 Å². The maximum Gasteiger partial charge on any atom is 0.332 e. The number of hydrogen-bond donors (Lipinski definition) is 1. The molecule has 0 heterocycles. The van der Waals surface area contributed by atoms with Crippen LogP contribution in [0.2, 0.25) is 10.0 Å². The highest BCUT2D eigenvalue weighted by atomic mass is 35.5. The molecule has 112 valence electrons. The topological polar surface area (TPSA) is 63.6 Å². The number of carbonyl (C=O) groups excluding carboxylic acids is 1. The predicted octanol–water partition coefficient (Wildman–Crippen LogP) is 3.95. The van der Waals surface area contributed by atoms with Gasteiger partial charge in [0.2, 0.25) is 0 Å². The largest absolute Gasteiger partial charge is 0.478 e. The van der Waals surface area contributed by atoms with Crippen molar-refractivity contribution in [2.24, 2.45) is 0 Å².